The third-order valence-corrected chi connectivity index (χ3v) is 2.96. The Morgan fingerprint density at radius 1 is 1.37 bits per heavy atom. The Kier molecular flexibility index (Phi) is 4.00. The van der Waals surface area contributed by atoms with Crippen LogP contribution in [0.25, 0.3) is 5.82 Å². The Hall–Kier alpha value is -2.09. The lowest BCUT2D eigenvalue weighted by Crippen LogP contribution is -2.18. The summed E-state index contributed by atoms with van der Waals surface area (Å²) < 4.78 is 1.55. The quantitative estimate of drug-likeness (QED) is 0.635. The fourth-order valence-corrected chi connectivity index (χ4v) is 1.82. The Bertz CT molecular complexity index is 574. The van der Waals surface area contributed by atoms with E-state index in [1.165, 1.54) is 11.8 Å². The van der Waals surface area contributed by atoms with E-state index in [0.717, 1.165) is 0 Å². The molecular formula is C11H14N6OS. The number of hydrogen-bond donors (Lipinski definition) is 2. The van der Waals surface area contributed by atoms with Crippen molar-refractivity contribution in [2.45, 2.75) is 5.16 Å². The summed E-state index contributed by atoms with van der Waals surface area (Å²) in [5.41, 5.74) is 0.345. The molecular weight excluding hydrogens is 264 g/mol. The van der Waals surface area contributed by atoms with Crippen molar-refractivity contribution in [3.8, 4) is 5.82 Å². The molecule has 1 amide bonds. The van der Waals surface area contributed by atoms with Crippen LogP contribution in [0.2, 0.25) is 0 Å². The van der Waals surface area contributed by atoms with Crippen LogP contribution < -0.4 is 10.6 Å². The standard InChI is InChI=1S/C11H14N6OS/c1-12-8-6-9(15-11(14-8)19-3)17-5-4-7(16-17)10(18)13-2/h4-6H,1-3H3,(H,13,18)(H,12,14,15). The third kappa shape index (κ3) is 2.84. The van der Waals surface area contributed by atoms with Crippen LogP contribution in [-0.4, -0.2) is 46.0 Å². The third-order valence-electron chi connectivity index (χ3n) is 2.41. The molecule has 7 nitrogen and oxygen atoms in total. The number of carbonyl (C=O) groups excluding carboxylic acids is 1. The van der Waals surface area contributed by atoms with Gasteiger partial charge >= 0.3 is 0 Å². The lowest BCUT2D eigenvalue weighted by Gasteiger charge is -2.06. The van der Waals surface area contributed by atoms with Crippen LogP contribution in [0.1, 0.15) is 10.5 Å². The van der Waals surface area contributed by atoms with Gasteiger partial charge in [-0.3, -0.25) is 4.79 Å². The molecule has 0 radical (unpaired) electrons. The van der Waals surface area contributed by atoms with Gasteiger partial charge in [-0.25, -0.2) is 14.6 Å². The Labute approximate surface area is 114 Å². The highest BCUT2D eigenvalue weighted by molar-refractivity contribution is 7.98. The SMILES string of the molecule is CNC(=O)c1ccn(-c2cc(NC)nc(SC)n2)n1. The molecule has 0 atom stereocenters. The van der Waals surface area contributed by atoms with Gasteiger partial charge in [0, 0.05) is 26.4 Å². The normalized spacial score (nSPS) is 10.3. The number of thioether (sulfide) groups is 1. The molecule has 0 aromatic carbocycles. The van der Waals surface area contributed by atoms with Gasteiger partial charge in [0.25, 0.3) is 5.91 Å². The zero-order valence-electron chi connectivity index (χ0n) is 10.8. The first-order valence-corrected chi connectivity index (χ1v) is 6.79. The molecule has 0 fully saturated rings. The monoisotopic (exact) mass is 278 g/mol. The van der Waals surface area contributed by atoms with E-state index in [4.69, 9.17) is 0 Å². The Morgan fingerprint density at radius 3 is 2.79 bits per heavy atom. The number of anilines is 1. The zero-order chi connectivity index (χ0) is 13.8. The van der Waals surface area contributed by atoms with Crippen molar-refractivity contribution < 1.29 is 4.79 Å². The van der Waals surface area contributed by atoms with Gasteiger partial charge in [0.1, 0.15) is 5.82 Å². The molecule has 0 unspecified atom stereocenters. The highest BCUT2D eigenvalue weighted by atomic mass is 32.2. The highest BCUT2D eigenvalue weighted by Crippen LogP contribution is 2.16. The van der Waals surface area contributed by atoms with Gasteiger partial charge in [0.2, 0.25) is 0 Å². The van der Waals surface area contributed by atoms with Gasteiger partial charge < -0.3 is 10.6 Å². The summed E-state index contributed by atoms with van der Waals surface area (Å²) in [6, 6.07) is 3.40. The summed E-state index contributed by atoms with van der Waals surface area (Å²) in [4.78, 5) is 20.1. The van der Waals surface area contributed by atoms with Crippen LogP contribution in [0, 0.1) is 0 Å². The Morgan fingerprint density at radius 2 is 2.16 bits per heavy atom. The maximum Gasteiger partial charge on any atom is 0.271 e. The number of hydrogen-bond acceptors (Lipinski definition) is 6. The molecule has 100 valence electrons. The molecule has 0 bridgehead atoms. The average Bonchev–Trinajstić information content (AvgIpc) is 2.95. The van der Waals surface area contributed by atoms with Crippen LogP contribution in [0.15, 0.2) is 23.5 Å². The van der Waals surface area contributed by atoms with Crippen LogP contribution in [0.5, 0.6) is 0 Å². The molecule has 2 N–H and O–H groups in total. The highest BCUT2D eigenvalue weighted by Gasteiger charge is 2.10. The van der Waals surface area contributed by atoms with E-state index < -0.39 is 0 Å². The predicted molar refractivity (Wildman–Crippen MR) is 73.9 cm³/mol. The first-order valence-electron chi connectivity index (χ1n) is 5.57. The molecule has 8 heteroatoms. The fraction of sp³-hybridized carbons (Fsp3) is 0.273. The number of nitrogens with zero attached hydrogens (tertiary/aromatic N) is 4. The summed E-state index contributed by atoms with van der Waals surface area (Å²) in [6.45, 7) is 0. The van der Waals surface area contributed by atoms with Gasteiger partial charge in [-0.2, -0.15) is 5.10 Å². The summed E-state index contributed by atoms with van der Waals surface area (Å²) >= 11 is 1.44. The van der Waals surface area contributed by atoms with Crippen molar-refractivity contribution in [1.29, 1.82) is 0 Å². The number of carbonyl (C=O) groups is 1. The van der Waals surface area contributed by atoms with E-state index in [9.17, 15) is 4.79 Å². The minimum Gasteiger partial charge on any atom is -0.373 e. The van der Waals surface area contributed by atoms with Gasteiger partial charge in [0.15, 0.2) is 16.7 Å². The van der Waals surface area contributed by atoms with Crippen molar-refractivity contribution in [2.75, 3.05) is 25.7 Å². The van der Waals surface area contributed by atoms with Crippen molar-refractivity contribution in [3.63, 3.8) is 0 Å². The maximum atomic E-state index is 11.5. The van der Waals surface area contributed by atoms with E-state index in [2.05, 4.69) is 25.7 Å². The number of amides is 1. The van der Waals surface area contributed by atoms with Crippen LogP contribution in [-0.2, 0) is 0 Å². The maximum absolute atomic E-state index is 11.5. The van der Waals surface area contributed by atoms with E-state index in [1.807, 2.05) is 6.26 Å². The van der Waals surface area contributed by atoms with Gasteiger partial charge in [-0.05, 0) is 12.3 Å². The molecule has 2 aromatic heterocycles. The number of aromatic nitrogens is 4. The Balaban J connectivity index is 2.40. The summed E-state index contributed by atoms with van der Waals surface area (Å²) in [5.74, 6) is 1.08. The van der Waals surface area contributed by atoms with Crippen molar-refractivity contribution in [3.05, 3.63) is 24.0 Å². The molecule has 2 aromatic rings. The molecule has 0 saturated heterocycles. The lowest BCUT2D eigenvalue weighted by molar-refractivity contribution is 0.0957. The minimum absolute atomic E-state index is 0.230. The van der Waals surface area contributed by atoms with Gasteiger partial charge in [0.05, 0.1) is 0 Å². The molecule has 0 saturated carbocycles. The second kappa shape index (κ2) is 5.70. The van der Waals surface area contributed by atoms with Crippen LogP contribution in [0.3, 0.4) is 0 Å². The van der Waals surface area contributed by atoms with E-state index in [0.29, 0.717) is 22.5 Å². The smallest absolute Gasteiger partial charge is 0.271 e. The van der Waals surface area contributed by atoms with Gasteiger partial charge in [-0.1, -0.05) is 11.8 Å². The largest absolute Gasteiger partial charge is 0.373 e. The summed E-state index contributed by atoms with van der Waals surface area (Å²) in [7, 11) is 3.35. The van der Waals surface area contributed by atoms with Crippen molar-refractivity contribution in [2.24, 2.45) is 0 Å². The first-order chi connectivity index (χ1) is 9.17. The summed E-state index contributed by atoms with van der Waals surface area (Å²) in [6.07, 6.45) is 3.59. The van der Waals surface area contributed by atoms with Crippen molar-refractivity contribution in [1.82, 2.24) is 25.1 Å². The lowest BCUT2D eigenvalue weighted by atomic mass is 10.4. The molecule has 2 rings (SSSR count). The summed E-state index contributed by atoms with van der Waals surface area (Å²) in [5, 5.41) is 10.3. The predicted octanol–water partition coefficient (Wildman–Crippen LogP) is 0.785. The van der Waals surface area contributed by atoms with Crippen molar-refractivity contribution >= 4 is 23.5 Å². The number of nitrogens with one attached hydrogen (secondary N) is 2. The van der Waals surface area contributed by atoms with Crippen LogP contribution in [0.4, 0.5) is 5.82 Å². The van der Waals surface area contributed by atoms with E-state index >= 15 is 0 Å². The van der Waals surface area contributed by atoms with E-state index in [1.54, 1.807) is 37.1 Å². The molecule has 0 aliphatic carbocycles. The molecule has 0 aliphatic rings. The fourth-order valence-electron chi connectivity index (χ4n) is 1.45. The molecule has 2 heterocycles. The topological polar surface area (TPSA) is 84.7 Å². The van der Waals surface area contributed by atoms with E-state index in [-0.39, 0.29) is 5.91 Å². The molecule has 0 aliphatic heterocycles. The number of rotatable bonds is 4. The average molecular weight is 278 g/mol. The van der Waals surface area contributed by atoms with Crippen LogP contribution >= 0.6 is 11.8 Å². The second-order valence-corrected chi connectivity index (χ2v) is 4.35. The van der Waals surface area contributed by atoms with Gasteiger partial charge in [-0.15, -0.1) is 0 Å². The zero-order valence-corrected chi connectivity index (χ0v) is 11.7. The molecule has 0 spiro atoms. The first kappa shape index (κ1) is 13.3. The molecule has 19 heavy (non-hydrogen) atoms. The second-order valence-electron chi connectivity index (χ2n) is 3.57. The minimum atomic E-state index is -0.230.